The molecule has 0 aliphatic carbocycles. The average molecular weight is 435 g/mol. The highest BCUT2D eigenvalue weighted by Crippen LogP contribution is 2.32. The van der Waals surface area contributed by atoms with Gasteiger partial charge in [0, 0.05) is 12.8 Å². The number of imidazole rings is 1. The minimum absolute atomic E-state index is 0.530. The Balaban J connectivity index is 0.000000321. The Hall–Kier alpha value is -2.27. The molecule has 0 saturated carbocycles. The maximum atomic E-state index is 10.7. The monoisotopic (exact) mass is 435 g/mol. The van der Waals surface area contributed by atoms with Gasteiger partial charge in [0.25, 0.3) is 5.82 Å². The molecule has 3 rings (SSSR count). The van der Waals surface area contributed by atoms with Crippen LogP contribution < -0.4 is 14.3 Å². The molecule has 2 aromatic rings. The quantitative estimate of drug-likeness (QED) is 0.420. The van der Waals surface area contributed by atoms with Gasteiger partial charge in [0.05, 0.1) is 27.2 Å². The SMILES string of the molecule is COc1ccccc1C1CCCN(n2cc[n+](C)c2C)C1.O=S(=O)([O-])C(F)(F)F. The van der Waals surface area contributed by atoms with E-state index in [1.807, 2.05) is 6.07 Å². The van der Waals surface area contributed by atoms with E-state index in [1.54, 1.807) is 7.11 Å². The third-order valence-corrected chi connectivity index (χ3v) is 5.41. The van der Waals surface area contributed by atoms with Crippen LogP contribution in [0.3, 0.4) is 0 Å². The molecule has 7 nitrogen and oxygen atoms in total. The number of alkyl halides is 3. The number of rotatable bonds is 3. The lowest BCUT2D eigenvalue weighted by molar-refractivity contribution is -0.677. The van der Waals surface area contributed by atoms with Crippen molar-refractivity contribution in [3.8, 4) is 5.75 Å². The third kappa shape index (κ3) is 5.63. The first-order chi connectivity index (χ1) is 13.5. The molecule has 1 unspecified atom stereocenters. The van der Waals surface area contributed by atoms with Crippen LogP contribution >= 0.6 is 0 Å². The van der Waals surface area contributed by atoms with E-state index in [0.717, 1.165) is 18.8 Å². The number of nitrogens with zero attached hydrogens (tertiary/aromatic N) is 3. The molecule has 0 N–H and O–H groups in total. The van der Waals surface area contributed by atoms with E-state index < -0.39 is 15.6 Å². The number of hydrogen-bond acceptors (Lipinski definition) is 5. The highest BCUT2D eigenvalue weighted by Gasteiger charge is 2.37. The second-order valence-electron chi connectivity index (χ2n) is 6.69. The first-order valence-electron chi connectivity index (χ1n) is 8.89. The van der Waals surface area contributed by atoms with Crippen LogP contribution in [0.15, 0.2) is 36.7 Å². The summed E-state index contributed by atoms with van der Waals surface area (Å²) in [7, 11) is -2.24. The lowest BCUT2D eigenvalue weighted by Gasteiger charge is -2.32. The zero-order chi connectivity index (χ0) is 21.8. The van der Waals surface area contributed by atoms with Crippen LogP contribution in [0.2, 0.25) is 0 Å². The van der Waals surface area contributed by atoms with Gasteiger partial charge in [-0.1, -0.05) is 18.2 Å². The molecule has 0 radical (unpaired) electrons. The van der Waals surface area contributed by atoms with Gasteiger partial charge in [-0.15, -0.1) is 4.68 Å². The molecule has 0 bridgehead atoms. The van der Waals surface area contributed by atoms with Gasteiger partial charge >= 0.3 is 5.51 Å². The molecular formula is C18H24F3N3O4S. The van der Waals surface area contributed by atoms with Crippen molar-refractivity contribution < 1.29 is 35.4 Å². The Kier molecular flexibility index (Phi) is 7.17. The molecule has 0 amide bonds. The highest BCUT2D eigenvalue weighted by molar-refractivity contribution is 7.86. The van der Waals surface area contributed by atoms with Gasteiger partial charge in [0.15, 0.2) is 16.3 Å². The molecular weight excluding hydrogens is 411 g/mol. The minimum Gasteiger partial charge on any atom is -0.741 e. The lowest BCUT2D eigenvalue weighted by Crippen LogP contribution is -2.44. The van der Waals surface area contributed by atoms with Crippen molar-refractivity contribution in [3.05, 3.63) is 48.0 Å². The van der Waals surface area contributed by atoms with Crippen molar-refractivity contribution in [3.63, 3.8) is 0 Å². The molecule has 0 spiro atoms. The Labute approximate surface area is 168 Å². The molecule has 1 aliphatic rings. The van der Waals surface area contributed by atoms with Gasteiger partial charge in [0.2, 0.25) is 0 Å². The molecule has 1 atom stereocenters. The van der Waals surface area contributed by atoms with E-state index in [2.05, 4.69) is 58.8 Å². The van der Waals surface area contributed by atoms with Crippen molar-refractivity contribution >= 4 is 10.1 Å². The smallest absolute Gasteiger partial charge is 0.485 e. The zero-order valence-electron chi connectivity index (χ0n) is 16.4. The van der Waals surface area contributed by atoms with Crippen LogP contribution in [-0.4, -0.2) is 43.4 Å². The molecule has 29 heavy (non-hydrogen) atoms. The van der Waals surface area contributed by atoms with E-state index in [1.165, 1.54) is 24.2 Å². The Morgan fingerprint density at radius 1 is 1.28 bits per heavy atom. The molecule has 11 heteroatoms. The van der Waals surface area contributed by atoms with Crippen LogP contribution in [0.1, 0.15) is 30.1 Å². The number of benzene rings is 1. The first kappa shape index (κ1) is 23.0. The zero-order valence-corrected chi connectivity index (χ0v) is 17.2. The topological polar surface area (TPSA) is 78.5 Å². The van der Waals surface area contributed by atoms with Gasteiger partial charge in [-0.25, -0.2) is 18.0 Å². The highest BCUT2D eigenvalue weighted by atomic mass is 32.2. The van der Waals surface area contributed by atoms with Crippen LogP contribution in [0.4, 0.5) is 13.2 Å². The van der Waals surface area contributed by atoms with Crippen LogP contribution in [0.5, 0.6) is 5.75 Å². The van der Waals surface area contributed by atoms with Crippen molar-refractivity contribution in [1.82, 2.24) is 4.68 Å². The van der Waals surface area contributed by atoms with E-state index in [0.29, 0.717) is 5.92 Å². The molecule has 2 heterocycles. The summed E-state index contributed by atoms with van der Waals surface area (Å²) >= 11 is 0. The third-order valence-electron chi connectivity index (χ3n) is 4.84. The summed E-state index contributed by atoms with van der Waals surface area (Å²) in [6.07, 6.45) is 6.70. The maximum absolute atomic E-state index is 10.7. The summed E-state index contributed by atoms with van der Waals surface area (Å²) in [5.41, 5.74) is -4.31. The molecule has 1 saturated heterocycles. The Morgan fingerprint density at radius 3 is 2.41 bits per heavy atom. The van der Waals surface area contributed by atoms with Crippen LogP contribution in [-0.2, 0) is 17.2 Å². The number of ether oxygens (including phenoxy) is 1. The normalized spacial score (nSPS) is 17.5. The number of hydrogen-bond donors (Lipinski definition) is 0. The Morgan fingerprint density at radius 2 is 1.90 bits per heavy atom. The number of halogens is 3. The van der Waals surface area contributed by atoms with E-state index in [4.69, 9.17) is 17.7 Å². The Bertz CT molecular complexity index is 929. The molecule has 1 aliphatic heterocycles. The maximum Gasteiger partial charge on any atom is 0.485 e. The van der Waals surface area contributed by atoms with Crippen LogP contribution in [0.25, 0.3) is 0 Å². The van der Waals surface area contributed by atoms with E-state index >= 15 is 0 Å². The number of methoxy groups -OCH3 is 1. The largest absolute Gasteiger partial charge is 0.741 e. The molecule has 1 aromatic heterocycles. The summed E-state index contributed by atoms with van der Waals surface area (Å²) in [4.78, 5) is 0. The minimum atomic E-state index is -6.09. The summed E-state index contributed by atoms with van der Waals surface area (Å²) in [6.45, 7) is 4.31. The summed E-state index contributed by atoms with van der Waals surface area (Å²) in [5.74, 6) is 2.80. The van der Waals surface area contributed by atoms with Gasteiger partial charge in [-0.3, -0.25) is 0 Å². The van der Waals surface area contributed by atoms with E-state index in [-0.39, 0.29) is 0 Å². The fraction of sp³-hybridized carbons (Fsp3) is 0.500. The summed E-state index contributed by atoms with van der Waals surface area (Å²) < 4.78 is 68.9. The molecule has 1 aromatic carbocycles. The fourth-order valence-corrected chi connectivity index (χ4v) is 3.25. The predicted octanol–water partition coefficient (Wildman–Crippen LogP) is 2.20. The van der Waals surface area contributed by atoms with Crippen molar-refractivity contribution in [1.29, 1.82) is 0 Å². The predicted molar refractivity (Wildman–Crippen MR) is 99.0 cm³/mol. The summed E-state index contributed by atoms with van der Waals surface area (Å²) in [6, 6.07) is 8.42. The first-order valence-corrected chi connectivity index (χ1v) is 10.3. The average Bonchev–Trinajstić information content (AvgIpc) is 2.99. The number of piperidine rings is 1. The van der Waals surface area contributed by atoms with Gasteiger partial charge in [-0.2, -0.15) is 13.2 Å². The number of aryl methyl sites for hydroxylation is 1. The number of para-hydroxylation sites is 1. The van der Waals surface area contributed by atoms with Crippen molar-refractivity contribution in [2.24, 2.45) is 7.05 Å². The van der Waals surface area contributed by atoms with Gasteiger partial charge in [-0.05, 0) is 24.5 Å². The molecule has 1 fully saturated rings. The number of aromatic nitrogens is 2. The van der Waals surface area contributed by atoms with Gasteiger partial charge in [0.1, 0.15) is 11.9 Å². The lowest BCUT2D eigenvalue weighted by atomic mass is 9.90. The van der Waals surface area contributed by atoms with Gasteiger partial charge < -0.3 is 9.29 Å². The molecule has 162 valence electrons. The standard InChI is InChI=1S/C17H24N3O.CHF3O3S/c1-14-18(2)11-12-20(14)19-10-6-7-15(13-19)16-8-4-5-9-17(16)21-3;2-1(3,4)8(5,6)7/h4-5,8-9,11-12,15H,6-7,10,13H2,1-3H3;(H,5,6,7)/q+1;/p-1. The van der Waals surface area contributed by atoms with Crippen molar-refractivity contribution in [2.75, 3.05) is 25.2 Å². The summed E-state index contributed by atoms with van der Waals surface area (Å²) in [5, 5.41) is 2.44. The second-order valence-corrected chi connectivity index (χ2v) is 8.07. The second kappa shape index (κ2) is 9.04. The van der Waals surface area contributed by atoms with Crippen molar-refractivity contribution in [2.45, 2.75) is 31.2 Å². The van der Waals surface area contributed by atoms with Crippen LogP contribution in [0, 0.1) is 6.92 Å². The fourth-order valence-electron chi connectivity index (χ4n) is 3.25. The van der Waals surface area contributed by atoms with E-state index in [9.17, 15) is 13.2 Å².